The van der Waals surface area contributed by atoms with E-state index in [0.717, 1.165) is 5.56 Å². The number of nitrogens with one attached hydrogen (secondary N) is 1. The van der Waals surface area contributed by atoms with Crippen LogP contribution >= 0.6 is 0 Å². The molecule has 2 aromatic rings. The second-order valence-electron chi connectivity index (χ2n) is 8.94. The van der Waals surface area contributed by atoms with Gasteiger partial charge >= 0.3 is 0 Å². The van der Waals surface area contributed by atoms with Gasteiger partial charge in [0.15, 0.2) is 0 Å². The van der Waals surface area contributed by atoms with Gasteiger partial charge in [-0.2, -0.15) is 0 Å². The Morgan fingerprint density at radius 2 is 1.83 bits per heavy atom. The summed E-state index contributed by atoms with van der Waals surface area (Å²) in [7, 11) is 0. The van der Waals surface area contributed by atoms with E-state index < -0.39 is 12.1 Å². The molecule has 3 rings (SSSR count). The SMILES string of the molecule is CC(C)(C)CC(=O)Nc1ccc(C(O)C2COCC(=O)N2Cc2ccccc2)cc1. The number of ether oxygens (including phenoxy) is 1. The van der Waals surface area contributed by atoms with Crippen molar-refractivity contribution in [2.24, 2.45) is 5.41 Å². The van der Waals surface area contributed by atoms with E-state index in [-0.39, 0.29) is 30.4 Å². The number of hydrogen-bond acceptors (Lipinski definition) is 4. The molecule has 1 aliphatic heterocycles. The lowest BCUT2D eigenvalue weighted by molar-refractivity contribution is -0.155. The Hall–Kier alpha value is -2.70. The predicted octanol–water partition coefficient (Wildman–Crippen LogP) is 3.52. The quantitative estimate of drug-likeness (QED) is 0.764. The van der Waals surface area contributed by atoms with Gasteiger partial charge in [0.1, 0.15) is 12.7 Å². The monoisotopic (exact) mass is 410 g/mol. The van der Waals surface area contributed by atoms with Crippen LogP contribution in [0.5, 0.6) is 0 Å². The van der Waals surface area contributed by atoms with Gasteiger partial charge in [-0.25, -0.2) is 0 Å². The number of amides is 2. The highest BCUT2D eigenvalue weighted by molar-refractivity contribution is 5.91. The summed E-state index contributed by atoms with van der Waals surface area (Å²) in [6.07, 6.45) is -0.467. The Labute approximate surface area is 177 Å². The zero-order valence-electron chi connectivity index (χ0n) is 17.8. The number of hydrogen-bond donors (Lipinski definition) is 2. The first-order valence-corrected chi connectivity index (χ1v) is 10.2. The zero-order valence-corrected chi connectivity index (χ0v) is 17.8. The van der Waals surface area contributed by atoms with Gasteiger partial charge in [-0.05, 0) is 28.7 Å². The largest absolute Gasteiger partial charge is 0.386 e. The number of benzene rings is 2. The number of nitrogens with zero attached hydrogens (tertiary/aromatic N) is 1. The van der Waals surface area contributed by atoms with Crippen molar-refractivity contribution in [3.8, 4) is 0 Å². The highest BCUT2D eigenvalue weighted by atomic mass is 16.5. The van der Waals surface area contributed by atoms with Crippen molar-refractivity contribution >= 4 is 17.5 Å². The smallest absolute Gasteiger partial charge is 0.249 e. The molecule has 0 aliphatic carbocycles. The van der Waals surface area contributed by atoms with E-state index in [1.54, 1.807) is 29.2 Å². The molecule has 1 heterocycles. The van der Waals surface area contributed by atoms with Crippen LogP contribution in [0.3, 0.4) is 0 Å². The number of morpholine rings is 1. The van der Waals surface area contributed by atoms with Crippen molar-refractivity contribution in [2.75, 3.05) is 18.5 Å². The molecular weight excluding hydrogens is 380 g/mol. The third-order valence-electron chi connectivity index (χ3n) is 5.02. The topological polar surface area (TPSA) is 78.9 Å². The third kappa shape index (κ3) is 5.90. The minimum Gasteiger partial charge on any atom is -0.386 e. The van der Waals surface area contributed by atoms with Crippen molar-refractivity contribution in [2.45, 2.75) is 45.9 Å². The maximum atomic E-state index is 12.5. The number of aliphatic hydroxyl groups is 1. The lowest BCUT2D eigenvalue weighted by Crippen LogP contribution is -2.51. The molecule has 6 nitrogen and oxygen atoms in total. The van der Waals surface area contributed by atoms with E-state index in [4.69, 9.17) is 4.74 Å². The van der Waals surface area contributed by atoms with Crippen LogP contribution in [0.25, 0.3) is 0 Å². The number of aliphatic hydroxyl groups excluding tert-OH is 1. The van der Waals surface area contributed by atoms with Crippen LogP contribution in [0.4, 0.5) is 5.69 Å². The van der Waals surface area contributed by atoms with Gasteiger partial charge < -0.3 is 20.1 Å². The molecule has 1 fully saturated rings. The molecule has 1 aliphatic rings. The summed E-state index contributed by atoms with van der Waals surface area (Å²) < 4.78 is 5.42. The van der Waals surface area contributed by atoms with Crippen molar-refractivity contribution in [3.05, 3.63) is 65.7 Å². The molecule has 2 unspecified atom stereocenters. The van der Waals surface area contributed by atoms with Crippen LogP contribution in [0.15, 0.2) is 54.6 Å². The Bertz CT molecular complexity index is 859. The van der Waals surface area contributed by atoms with E-state index in [9.17, 15) is 14.7 Å². The average molecular weight is 411 g/mol. The first-order valence-electron chi connectivity index (χ1n) is 10.2. The van der Waals surface area contributed by atoms with Gasteiger partial charge in [0, 0.05) is 18.7 Å². The number of carbonyl (C=O) groups is 2. The Morgan fingerprint density at radius 1 is 1.17 bits per heavy atom. The molecule has 2 N–H and O–H groups in total. The minimum atomic E-state index is -0.891. The van der Waals surface area contributed by atoms with Crippen molar-refractivity contribution in [1.29, 1.82) is 0 Å². The van der Waals surface area contributed by atoms with Gasteiger partial charge in [0.05, 0.1) is 12.6 Å². The molecule has 0 radical (unpaired) electrons. The summed E-state index contributed by atoms with van der Waals surface area (Å²) in [6, 6.07) is 16.3. The zero-order chi connectivity index (χ0) is 21.7. The number of carbonyl (C=O) groups excluding carboxylic acids is 2. The normalized spacial score (nSPS) is 18.2. The first-order chi connectivity index (χ1) is 14.2. The summed E-state index contributed by atoms with van der Waals surface area (Å²) in [5.74, 6) is -0.184. The minimum absolute atomic E-state index is 0.0226. The van der Waals surface area contributed by atoms with Crippen molar-refractivity contribution in [1.82, 2.24) is 4.90 Å². The molecule has 0 saturated carbocycles. The fraction of sp³-hybridized carbons (Fsp3) is 0.417. The molecular formula is C24H30N2O4. The van der Waals surface area contributed by atoms with E-state index in [1.807, 2.05) is 51.1 Å². The Balaban J connectivity index is 1.69. The highest BCUT2D eigenvalue weighted by Crippen LogP contribution is 2.27. The molecule has 160 valence electrons. The maximum Gasteiger partial charge on any atom is 0.249 e. The van der Waals surface area contributed by atoms with Crippen molar-refractivity contribution in [3.63, 3.8) is 0 Å². The molecule has 1 saturated heterocycles. The summed E-state index contributed by atoms with van der Waals surface area (Å²) >= 11 is 0. The average Bonchev–Trinajstić information content (AvgIpc) is 2.69. The molecule has 6 heteroatoms. The van der Waals surface area contributed by atoms with E-state index >= 15 is 0 Å². The lowest BCUT2D eigenvalue weighted by Gasteiger charge is -2.38. The second-order valence-corrected chi connectivity index (χ2v) is 8.94. The number of anilines is 1. The molecule has 0 aromatic heterocycles. The van der Waals surface area contributed by atoms with E-state index in [2.05, 4.69) is 5.32 Å². The molecule has 30 heavy (non-hydrogen) atoms. The van der Waals surface area contributed by atoms with E-state index in [0.29, 0.717) is 24.2 Å². The predicted molar refractivity (Wildman–Crippen MR) is 116 cm³/mol. The molecule has 0 spiro atoms. The Kier molecular flexibility index (Phi) is 6.90. The van der Waals surface area contributed by atoms with Crippen LogP contribution in [-0.4, -0.2) is 41.1 Å². The Morgan fingerprint density at radius 3 is 2.47 bits per heavy atom. The van der Waals surface area contributed by atoms with Crippen LogP contribution in [0.1, 0.15) is 44.4 Å². The molecule has 2 aromatic carbocycles. The van der Waals surface area contributed by atoms with Gasteiger partial charge in [-0.1, -0.05) is 63.2 Å². The van der Waals surface area contributed by atoms with Crippen LogP contribution in [0, 0.1) is 5.41 Å². The van der Waals surface area contributed by atoms with Crippen LogP contribution in [0.2, 0.25) is 0 Å². The standard InChI is InChI=1S/C24H30N2O4/c1-24(2,3)13-21(27)25-19-11-9-18(10-12-19)23(29)20-15-30-16-22(28)26(20)14-17-7-5-4-6-8-17/h4-12,20,23,29H,13-16H2,1-3H3,(H,25,27). The lowest BCUT2D eigenvalue weighted by atomic mass is 9.92. The molecule has 2 amide bonds. The fourth-order valence-corrected chi connectivity index (χ4v) is 3.54. The number of rotatable bonds is 6. The van der Waals surface area contributed by atoms with E-state index in [1.165, 1.54) is 0 Å². The first kappa shape index (κ1) is 22.0. The highest BCUT2D eigenvalue weighted by Gasteiger charge is 2.34. The molecule has 2 atom stereocenters. The summed E-state index contributed by atoms with van der Waals surface area (Å²) in [5.41, 5.74) is 2.26. The third-order valence-corrected chi connectivity index (χ3v) is 5.02. The van der Waals surface area contributed by atoms with Crippen LogP contribution < -0.4 is 5.32 Å². The summed E-state index contributed by atoms with van der Waals surface area (Å²) in [5, 5.41) is 13.9. The summed E-state index contributed by atoms with van der Waals surface area (Å²) in [6.45, 7) is 6.76. The van der Waals surface area contributed by atoms with Gasteiger partial charge in [0.2, 0.25) is 11.8 Å². The van der Waals surface area contributed by atoms with Crippen LogP contribution in [-0.2, 0) is 20.9 Å². The maximum absolute atomic E-state index is 12.5. The van der Waals surface area contributed by atoms with Crippen molar-refractivity contribution < 1.29 is 19.4 Å². The van der Waals surface area contributed by atoms with Gasteiger partial charge in [-0.15, -0.1) is 0 Å². The van der Waals surface area contributed by atoms with Gasteiger partial charge in [-0.3, -0.25) is 9.59 Å². The molecule has 0 bridgehead atoms. The summed E-state index contributed by atoms with van der Waals surface area (Å²) in [4.78, 5) is 26.3. The van der Waals surface area contributed by atoms with Gasteiger partial charge in [0.25, 0.3) is 0 Å². The fourth-order valence-electron chi connectivity index (χ4n) is 3.54. The second kappa shape index (κ2) is 9.41.